The number of halogens is 1. The standard InChI is InChI=1S/C24H27ClN4O/c1-17-7-9-20(10-8-17)16-29-19(3)23(18(2)26-29)24(30)28-13-11-27(12-14-28)22-6-4-5-21(25)15-22/h4-10,15H,11-14,16H2,1-3H3. The van der Waals surface area contributed by atoms with Crippen LogP contribution in [0.3, 0.4) is 0 Å². The van der Waals surface area contributed by atoms with Crippen LogP contribution >= 0.6 is 11.6 Å². The fourth-order valence-corrected chi connectivity index (χ4v) is 4.21. The number of piperazine rings is 1. The maximum Gasteiger partial charge on any atom is 0.257 e. The number of carbonyl (C=O) groups excluding carboxylic acids is 1. The Kier molecular flexibility index (Phi) is 5.82. The topological polar surface area (TPSA) is 41.4 Å². The number of aromatic nitrogens is 2. The fourth-order valence-electron chi connectivity index (χ4n) is 4.03. The number of carbonyl (C=O) groups is 1. The lowest BCUT2D eigenvalue weighted by Gasteiger charge is -2.36. The van der Waals surface area contributed by atoms with Crippen LogP contribution in [0.15, 0.2) is 48.5 Å². The Morgan fingerprint density at radius 3 is 2.37 bits per heavy atom. The molecule has 30 heavy (non-hydrogen) atoms. The molecule has 0 radical (unpaired) electrons. The highest BCUT2D eigenvalue weighted by molar-refractivity contribution is 6.30. The first kappa shape index (κ1) is 20.5. The predicted molar refractivity (Wildman–Crippen MR) is 122 cm³/mol. The molecular weight excluding hydrogens is 396 g/mol. The molecule has 0 unspecified atom stereocenters. The van der Waals surface area contributed by atoms with Crippen molar-refractivity contribution in [3.05, 3.63) is 81.6 Å². The quantitative estimate of drug-likeness (QED) is 0.622. The van der Waals surface area contributed by atoms with E-state index in [1.807, 2.05) is 41.6 Å². The van der Waals surface area contributed by atoms with Gasteiger partial charge < -0.3 is 9.80 Å². The van der Waals surface area contributed by atoms with Gasteiger partial charge >= 0.3 is 0 Å². The number of hydrogen-bond acceptors (Lipinski definition) is 3. The van der Waals surface area contributed by atoms with E-state index in [1.54, 1.807) is 0 Å². The number of benzene rings is 2. The van der Waals surface area contributed by atoms with Crippen LogP contribution in [-0.2, 0) is 6.54 Å². The van der Waals surface area contributed by atoms with E-state index in [4.69, 9.17) is 11.6 Å². The van der Waals surface area contributed by atoms with Crippen LogP contribution in [0.4, 0.5) is 5.69 Å². The summed E-state index contributed by atoms with van der Waals surface area (Å²) in [5, 5.41) is 5.39. The van der Waals surface area contributed by atoms with Crippen molar-refractivity contribution in [3.63, 3.8) is 0 Å². The number of amides is 1. The SMILES string of the molecule is Cc1ccc(Cn2nc(C)c(C(=O)N3CCN(c4cccc(Cl)c4)CC3)c2C)cc1. The van der Waals surface area contributed by atoms with Gasteiger partial charge in [0.2, 0.25) is 0 Å². The highest BCUT2D eigenvalue weighted by atomic mass is 35.5. The van der Waals surface area contributed by atoms with Gasteiger partial charge in [0, 0.05) is 42.6 Å². The van der Waals surface area contributed by atoms with Crippen molar-refractivity contribution in [3.8, 4) is 0 Å². The van der Waals surface area contributed by atoms with Crippen molar-refractivity contribution in [1.29, 1.82) is 0 Å². The van der Waals surface area contributed by atoms with Crippen LogP contribution in [0.1, 0.15) is 32.9 Å². The van der Waals surface area contributed by atoms with Gasteiger partial charge in [0.1, 0.15) is 0 Å². The van der Waals surface area contributed by atoms with E-state index in [0.717, 1.165) is 40.8 Å². The van der Waals surface area contributed by atoms with E-state index in [-0.39, 0.29) is 5.91 Å². The first-order chi connectivity index (χ1) is 14.4. The summed E-state index contributed by atoms with van der Waals surface area (Å²) in [5.41, 5.74) is 5.98. The van der Waals surface area contributed by atoms with Gasteiger partial charge in [-0.25, -0.2) is 0 Å². The fraction of sp³-hybridized carbons (Fsp3) is 0.333. The van der Waals surface area contributed by atoms with Crippen molar-refractivity contribution in [1.82, 2.24) is 14.7 Å². The zero-order valence-corrected chi connectivity index (χ0v) is 18.5. The molecule has 0 aliphatic carbocycles. The third kappa shape index (κ3) is 4.21. The molecule has 1 amide bonds. The summed E-state index contributed by atoms with van der Waals surface area (Å²) in [6.07, 6.45) is 0. The Labute approximate surface area is 182 Å². The molecule has 156 valence electrons. The Morgan fingerprint density at radius 1 is 1.00 bits per heavy atom. The van der Waals surface area contributed by atoms with Crippen molar-refractivity contribution in [2.75, 3.05) is 31.1 Å². The smallest absolute Gasteiger partial charge is 0.257 e. The molecule has 1 saturated heterocycles. The third-order valence-corrected chi connectivity index (χ3v) is 6.02. The van der Waals surface area contributed by atoms with Gasteiger partial charge in [-0.2, -0.15) is 5.10 Å². The molecule has 1 aromatic heterocycles. The summed E-state index contributed by atoms with van der Waals surface area (Å²) in [6.45, 7) is 9.63. The molecule has 1 aliphatic heterocycles. The van der Waals surface area contributed by atoms with Crippen LogP contribution in [0.25, 0.3) is 0 Å². The Morgan fingerprint density at radius 2 is 1.70 bits per heavy atom. The minimum Gasteiger partial charge on any atom is -0.368 e. The maximum atomic E-state index is 13.3. The van der Waals surface area contributed by atoms with Gasteiger partial charge in [0.25, 0.3) is 5.91 Å². The first-order valence-electron chi connectivity index (χ1n) is 10.3. The van der Waals surface area contributed by atoms with Crippen LogP contribution in [-0.4, -0.2) is 46.8 Å². The maximum absolute atomic E-state index is 13.3. The molecule has 0 atom stereocenters. The normalized spacial score (nSPS) is 14.3. The van der Waals surface area contributed by atoms with Crippen LogP contribution in [0.5, 0.6) is 0 Å². The lowest BCUT2D eigenvalue weighted by atomic mass is 10.1. The van der Waals surface area contributed by atoms with E-state index >= 15 is 0 Å². The van der Waals surface area contributed by atoms with Crippen LogP contribution < -0.4 is 4.90 Å². The Balaban J connectivity index is 1.46. The molecule has 3 aromatic rings. The van der Waals surface area contributed by atoms with Gasteiger partial charge in [0.05, 0.1) is 17.8 Å². The van der Waals surface area contributed by atoms with Gasteiger partial charge in [-0.3, -0.25) is 9.48 Å². The number of anilines is 1. The summed E-state index contributed by atoms with van der Waals surface area (Å²) in [6, 6.07) is 16.3. The molecule has 4 rings (SSSR count). The lowest BCUT2D eigenvalue weighted by Crippen LogP contribution is -2.49. The number of aryl methyl sites for hydroxylation is 2. The second kappa shape index (κ2) is 8.52. The van der Waals surface area contributed by atoms with E-state index in [2.05, 4.69) is 47.3 Å². The zero-order chi connectivity index (χ0) is 21.3. The minimum absolute atomic E-state index is 0.0749. The number of nitrogens with zero attached hydrogens (tertiary/aromatic N) is 4. The van der Waals surface area contributed by atoms with Gasteiger partial charge in [-0.1, -0.05) is 47.5 Å². The third-order valence-electron chi connectivity index (χ3n) is 5.79. The highest BCUT2D eigenvalue weighted by Gasteiger charge is 2.27. The van der Waals surface area contributed by atoms with E-state index in [1.165, 1.54) is 11.1 Å². The van der Waals surface area contributed by atoms with Crippen molar-refractivity contribution >= 4 is 23.2 Å². The summed E-state index contributed by atoms with van der Waals surface area (Å²) < 4.78 is 1.94. The first-order valence-corrected chi connectivity index (χ1v) is 10.7. The second-order valence-electron chi connectivity index (χ2n) is 7.95. The van der Waals surface area contributed by atoms with E-state index < -0.39 is 0 Å². The zero-order valence-electron chi connectivity index (χ0n) is 17.7. The van der Waals surface area contributed by atoms with Gasteiger partial charge in [-0.05, 0) is 44.5 Å². The van der Waals surface area contributed by atoms with Crippen LogP contribution in [0.2, 0.25) is 5.02 Å². The van der Waals surface area contributed by atoms with Crippen molar-refractivity contribution < 1.29 is 4.79 Å². The van der Waals surface area contributed by atoms with Gasteiger partial charge in [0.15, 0.2) is 0 Å². The Bertz CT molecular complexity index is 1050. The predicted octanol–water partition coefficient (Wildman–Crippen LogP) is 4.47. The molecular formula is C24H27ClN4O. The molecule has 2 heterocycles. The monoisotopic (exact) mass is 422 g/mol. The molecule has 0 saturated carbocycles. The number of hydrogen-bond donors (Lipinski definition) is 0. The van der Waals surface area contributed by atoms with Crippen LogP contribution in [0, 0.1) is 20.8 Å². The summed E-state index contributed by atoms with van der Waals surface area (Å²) >= 11 is 6.13. The van der Waals surface area contributed by atoms with E-state index in [9.17, 15) is 4.79 Å². The average molecular weight is 423 g/mol. The average Bonchev–Trinajstić information content (AvgIpc) is 3.02. The minimum atomic E-state index is 0.0749. The molecule has 1 aliphatic rings. The summed E-state index contributed by atoms with van der Waals surface area (Å²) in [5.74, 6) is 0.0749. The molecule has 6 heteroatoms. The second-order valence-corrected chi connectivity index (χ2v) is 8.38. The molecule has 0 N–H and O–H groups in total. The number of rotatable bonds is 4. The summed E-state index contributed by atoms with van der Waals surface area (Å²) in [7, 11) is 0. The summed E-state index contributed by atoms with van der Waals surface area (Å²) in [4.78, 5) is 17.5. The highest BCUT2D eigenvalue weighted by Crippen LogP contribution is 2.23. The largest absolute Gasteiger partial charge is 0.368 e. The van der Waals surface area contributed by atoms with Gasteiger partial charge in [-0.15, -0.1) is 0 Å². The van der Waals surface area contributed by atoms with Crippen molar-refractivity contribution in [2.24, 2.45) is 0 Å². The lowest BCUT2D eigenvalue weighted by molar-refractivity contribution is 0.0745. The molecule has 0 spiro atoms. The van der Waals surface area contributed by atoms with E-state index in [0.29, 0.717) is 19.6 Å². The van der Waals surface area contributed by atoms with Crippen molar-refractivity contribution in [2.45, 2.75) is 27.3 Å². The molecule has 2 aromatic carbocycles. The Hall–Kier alpha value is -2.79. The molecule has 1 fully saturated rings. The molecule has 5 nitrogen and oxygen atoms in total. The molecule has 0 bridgehead atoms.